The molecule has 0 saturated heterocycles. The number of hydrogen-bond acceptors (Lipinski definition) is 5. The molecule has 29 heavy (non-hydrogen) atoms. The maximum Gasteiger partial charge on any atom is 0.326 e. The summed E-state index contributed by atoms with van der Waals surface area (Å²) < 4.78 is 10.8. The van der Waals surface area contributed by atoms with Crippen molar-refractivity contribution >= 4 is 29.2 Å². The Kier molecular flexibility index (Phi) is 5.59. The molecule has 7 heteroatoms. The van der Waals surface area contributed by atoms with E-state index in [1.165, 1.54) is 4.90 Å². The Hall–Kier alpha value is -3.35. The first-order chi connectivity index (χ1) is 13.7. The molecule has 0 bridgehead atoms. The summed E-state index contributed by atoms with van der Waals surface area (Å²) in [7, 11) is 0. The molecule has 1 aliphatic heterocycles. The van der Waals surface area contributed by atoms with Gasteiger partial charge in [0.2, 0.25) is 0 Å². The van der Waals surface area contributed by atoms with Gasteiger partial charge in [-0.1, -0.05) is 17.7 Å². The first-order valence-electron chi connectivity index (χ1n) is 9.40. The molecule has 2 aromatic carbocycles. The number of hydrogen-bond donors (Lipinski definition) is 1. The molecule has 2 amide bonds. The molecular formula is C22H24N2O5. The number of anilines is 2. The van der Waals surface area contributed by atoms with E-state index in [1.807, 2.05) is 31.2 Å². The van der Waals surface area contributed by atoms with Gasteiger partial charge in [0, 0.05) is 11.3 Å². The Morgan fingerprint density at radius 3 is 2.48 bits per heavy atom. The number of ether oxygens (including phenoxy) is 2. The average Bonchev–Trinajstić information content (AvgIpc) is 2.67. The number of nitrogens with one attached hydrogen (secondary N) is 1. The van der Waals surface area contributed by atoms with Gasteiger partial charge in [-0.25, -0.2) is 0 Å². The van der Waals surface area contributed by atoms with E-state index < -0.39 is 11.6 Å². The average molecular weight is 396 g/mol. The smallest absolute Gasteiger partial charge is 0.326 e. The fourth-order valence-corrected chi connectivity index (χ4v) is 3.04. The molecule has 0 spiro atoms. The quantitative estimate of drug-likeness (QED) is 0.784. The summed E-state index contributed by atoms with van der Waals surface area (Å²) in [6.07, 6.45) is 0. The summed E-state index contributed by atoms with van der Waals surface area (Å²) in [6, 6.07) is 12.2. The number of carbonyl (C=O) groups excluding carboxylic acids is 3. The van der Waals surface area contributed by atoms with Gasteiger partial charge in [-0.05, 0) is 58.0 Å². The molecule has 0 radical (unpaired) electrons. The van der Waals surface area contributed by atoms with E-state index in [-0.39, 0.29) is 25.0 Å². The number of carbonyl (C=O) groups is 3. The Bertz CT molecular complexity index is 950. The van der Waals surface area contributed by atoms with E-state index in [0.717, 1.165) is 5.56 Å². The van der Waals surface area contributed by atoms with E-state index >= 15 is 0 Å². The Labute approximate surface area is 169 Å². The highest BCUT2D eigenvalue weighted by Gasteiger charge is 2.42. The van der Waals surface area contributed by atoms with Crippen molar-refractivity contribution in [3.63, 3.8) is 0 Å². The highest BCUT2D eigenvalue weighted by Crippen LogP contribution is 2.38. The van der Waals surface area contributed by atoms with Gasteiger partial charge in [0.25, 0.3) is 11.8 Å². The third-order valence-electron chi connectivity index (χ3n) is 4.54. The zero-order valence-electron chi connectivity index (χ0n) is 16.9. The fourth-order valence-electron chi connectivity index (χ4n) is 3.04. The normalized spacial score (nSPS) is 14.6. The van der Waals surface area contributed by atoms with Gasteiger partial charge in [0.05, 0.1) is 12.3 Å². The third kappa shape index (κ3) is 4.39. The molecule has 0 atom stereocenters. The number of rotatable bonds is 5. The van der Waals surface area contributed by atoms with E-state index in [1.54, 1.807) is 39.0 Å². The van der Waals surface area contributed by atoms with Crippen molar-refractivity contribution in [3.05, 3.63) is 53.6 Å². The first-order valence-corrected chi connectivity index (χ1v) is 9.40. The van der Waals surface area contributed by atoms with Gasteiger partial charge < -0.3 is 14.8 Å². The van der Waals surface area contributed by atoms with Gasteiger partial charge in [-0.2, -0.15) is 0 Å². The van der Waals surface area contributed by atoms with Gasteiger partial charge >= 0.3 is 5.97 Å². The summed E-state index contributed by atoms with van der Waals surface area (Å²) in [4.78, 5) is 38.9. The Morgan fingerprint density at radius 1 is 1.14 bits per heavy atom. The minimum atomic E-state index is -1.13. The van der Waals surface area contributed by atoms with E-state index in [2.05, 4.69) is 5.32 Å². The van der Waals surface area contributed by atoms with Gasteiger partial charge in [-0.15, -0.1) is 0 Å². The first kappa shape index (κ1) is 20.4. The largest absolute Gasteiger partial charge is 0.476 e. The van der Waals surface area contributed by atoms with E-state index in [0.29, 0.717) is 22.7 Å². The molecule has 0 aliphatic carbocycles. The predicted octanol–water partition coefficient (Wildman–Crippen LogP) is 3.31. The highest BCUT2D eigenvalue weighted by atomic mass is 16.5. The number of fused-ring (bicyclic) bond motifs is 1. The van der Waals surface area contributed by atoms with E-state index in [4.69, 9.17) is 9.47 Å². The minimum Gasteiger partial charge on any atom is -0.476 e. The number of esters is 1. The standard InChI is InChI=1S/C22H24N2O5/c1-5-28-19(25)13-24-17-12-15(8-11-18(17)29-22(3,4)21(24)27)20(26)23-16-9-6-14(2)7-10-16/h6-12H,5,13H2,1-4H3,(H,23,26). The number of amides is 2. The molecule has 2 aromatic rings. The van der Waals surface area contributed by atoms with Crippen LogP contribution >= 0.6 is 0 Å². The SMILES string of the molecule is CCOC(=O)CN1C(=O)C(C)(C)Oc2ccc(C(=O)Nc3ccc(C)cc3)cc21. The van der Waals surface area contributed by atoms with Crippen LogP contribution in [0, 0.1) is 6.92 Å². The van der Waals surface area contributed by atoms with Crippen LogP contribution < -0.4 is 15.0 Å². The van der Waals surface area contributed by atoms with Crippen LogP contribution in [0.1, 0.15) is 36.7 Å². The maximum atomic E-state index is 12.8. The second-order valence-electron chi connectivity index (χ2n) is 7.31. The molecule has 0 saturated carbocycles. The zero-order valence-corrected chi connectivity index (χ0v) is 16.9. The van der Waals surface area contributed by atoms with Crippen LogP contribution in [0.3, 0.4) is 0 Å². The molecule has 7 nitrogen and oxygen atoms in total. The lowest BCUT2D eigenvalue weighted by Crippen LogP contribution is -2.54. The molecule has 1 N–H and O–H groups in total. The van der Waals surface area contributed by atoms with Crippen LogP contribution in [0.5, 0.6) is 5.75 Å². The summed E-state index contributed by atoms with van der Waals surface area (Å²) >= 11 is 0. The summed E-state index contributed by atoms with van der Waals surface area (Å²) in [5.74, 6) is -0.816. The van der Waals surface area contributed by atoms with Crippen molar-refractivity contribution < 1.29 is 23.9 Å². The molecule has 0 unspecified atom stereocenters. The van der Waals surface area contributed by atoms with Crippen LogP contribution in [0.2, 0.25) is 0 Å². The molecule has 0 aromatic heterocycles. The van der Waals surface area contributed by atoms with Crippen molar-refractivity contribution in [1.29, 1.82) is 0 Å². The fraction of sp³-hybridized carbons (Fsp3) is 0.318. The predicted molar refractivity (Wildman–Crippen MR) is 109 cm³/mol. The van der Waals surface area contributed by atoms with Crippen LogP contribution in [-0.2, 0) is 14.3 Å². The maximum absolute atomic E-state index is 12.8. The van der Waals surface area contributed by atoms with E-state index in [9.17, 15) is 14.4 Å². The molecule has 0 fully saturated rings. The van der Waals surface area contributed by atoms with Gasteiger partial charge in [0.1, 0.15) is 12.3 Å². The molecule has 1 heterocycles. The van der Waals surface area contributed by atoms with Crippen LogP contribution in [0.25, 0.3) is 0 Å². The number of nitrogens with zero attached hydrogens (tertiary/aromatic N) is 1. The molecular weight excluding hydrogens is 372 g/mol. The zero-order chi connectivity index (χ0) is 21.2. The van der Waals surface area contributed by atoms with Crippen molar-refractivity contribution in [3.8, 4) is 5.75 Å². The van der Waals surface area contributed by atoms with Crippen molar-refractivity contribution in [1.82, 2.24) is 0 Å². The summed E-state index contributed by atoms with van der Waals surface area (Å²) in [6.45, 7) is 6.89. The summed E-state index contributed by atoms with van der Waals surface area (Å²) in [5.41, 5.74) is 1.32. The minimum absolute atomic E-state index is 0.215. The Balaban J connectivity index is 1.91. The number of benzene rings is 2. The third-order valence-corrected chi connectivity index (χ3v) is 4.54. The molecule has 152 valence electrons. The van der Waals surface area contributed by atoms with Gasteiger partial charge in [-0.3, -0.25) is 19.3 Å². The highest BCUT2D eigenvalue weighted by molar-refractivity contribution is 6.08. The van der Waals surface area contributed by atoms with Crippen molar-refractivity contribution in [2.24, 2.45) is 0 Å². The van der Waals surface area contributed by atoms with Crippen molar-refractivity contribution in [2.45, 2.75) is 33.3 Å². The lowest BCUT2D eigenvalue weighted by atomic mass is 10.0. The second kappa shape index (κ2) is 7.95. The van der Waals surface area contributed by atoms with Crippen LogP contribution in [0.15, 0.2) is 42.5 Å². The Morgan fingerprint density at radius 2 is 1.83 bits per heavy atom. The number of aryl methyl sites for hydroxylation is 1. The van der Waals surface area contributed by atoms with Crippen LogP contribution in [-0.4, -0.2) is 36.5 Å². The van der Waals surface area contributed by atoms with Gasteiger partial charge in [0.15, 0.2) is 5.60 Å². The second-order valence-corrected chi connectivity index (χ2v) is 7.31. The molecule has 3 rings (SSSR count). The van der Waals surface area contributed by atoms with Crippen LogP contribution in [0.4, 0.5) is 11.4 Å². The monoisotopic (exact) mass is 396 g/mol. The van der Waals surface area contributed by atoms with Crippen molar-refractivity contribution in [2.75, 3.05) is 23.4 Å². The topological polar surface area (TPSA) is 84.9 Å². The lowest BCUT2D eigenvalue weighted by Gasteiger charge is -2.38. The molecule has 1 aliphatic rings. The lowest BCUT2D eigenvalue weighted by molar-refractivity contribution is -0.144. The summed E-state index contributed by atoms with van der Waals surface area (Å²) in [5, 5.41) is 2.82.